The number of amides is 5. The Bertz CT molecular complexity index is 1770. The predicted molar refractivity (Wildman–Crippen MR) is 198 cm³/mol. The first-order valence-electron chi connectivity index (χ1n) is 18.5. The summed E-state index contributed by atoms with van der Waals surface area (Å²) in [5.41, 5.74) is 1.64. The summed E-state index contributed by atoms with van der Waals surface area (Å²) in [5, 5.41) is 33.1. The smallest absolute Gasteiger partial charge is 0.252 e. The highest BCUT2D eigenvalue weighted by atomic mass is 16.5. The number of aromatic nitrogens is 3. The number of aryl methyl sites for hydroxylation is 1. The fourth-order valence-electron chi connectivity index (χ4n) is 6.58. The van der Waals surface area contributed by atoms with Gasteiger partial charge in [-0.2, -0.15) is 0 Å². The van der Waals surface area contributed by atoms with Gasteiger partial charge >= 0.3 is 0 Å². The van der Waals surface area contributed by atoms with Gasteiger partial charge in [0.2, 0.25) is 23.6 Å². The average molecular weight is 746 g/mol. The molecule has 0 aliphatic carbocycles. The molecule has 0 unspecified atom stereocenters. The first-order valence-corrected chi connectivity index (χ1v) is 18.5. The van der Waals surface area contributed by atoms with Crippen LogP contribution in [-0.2, 0) is 38.7 Å². The van der Waals surface area contributed by atoms with Gasteiger partial charge in [-0.25, -0.2) is 0 Å². The van der Waals surface area contributed by atoms with Crippen molar-refractivity contribution in [2.45, 2.75) is 95.9 Å². The Balaban J connectivity index is 1.38. The van der Waals surface area contributed by atoms with Crippen LogP contribution in [0.5, 0.6) is 5.75 Å². The van der Waals surface area contributed by atoms with Crippen molar-refractivity contribution in [2.24, 2.45) is 5.92 Å². The van der Waals surface area contributed by atoms with Crippen LogP contribution < -0.4 is 31.3 Å². The maximum absolute atomic E-state index is 13.7. The van der Waals surface area contributed by atoms with Crippen LogP contribution in [0.1, 0.15) is 61.6 Å². The molecule has 16 heteroatoms. The SMILES string of the molecule is CC[C@H](C)[C@@H]1NC(=O)c2cccc(c2)OCCCn2cc(nn2)CNC(=O)[C@H](Cc2ccccc2)NC(=O)[C@H]([C@@H](C)O)NC(=O)[C@@H]2C[C@@H](CN2C)NC1=O. The highest BCUT2D eigenvalue weighted by molar-refractivity contribution is 5.98. The molecule has 16 nitrogen and oxygen atoms in total. The van der Waals surface area contributed by atoms with Gasteiger partial charge in [-0.1, -0.05) is 61.9 Å². The van der Waals surface area contributed by atoms with Gasteiger partial charge in [0.25, 0.3) is 5.91 Å². The maximum Gasteiger partial charge on any atom is 0.252 e. The third-order valence-corrected chi connectivity index (χ3v) is 9.88. The number of benzene rings is 2. The molecule has 6 bridgehead atoms. The number of likely N-dealkylation sites (tertiary alicyclic amines) is 1. The summed E-state index contributed by atoms with van der Waals surface area (Å²) in [7, 11) is 1.73. The number of likely N-dealkylation sites (N-methyl/N-ethyl adjacent to an activating group) is 1. The first kappa shape index (κ1) is 39.8. The van der Waals surface area contributed by atoms with Crippen molar-refractivity contribution < 1.29 is 33.8 Å². The number of fused-ring (bicyclic) bond motifs is 6. The summed E-state index contributed by atoms with van der Waals surface area (Å²) in [6, 6.07) is 11.5. The van der Waals surface area contributed by atoms with Gasteiger partial charge in [0, 0.05) is 37.5 Å². The van der Waals surface area contributed by atoms with Gasteiger partial charge in [0.15, 0.2) is 0 Å². The molecule has 0 spiro atoms. The summed E-state index contributed by atoms with van der Waals surface area (Å²) in [5.74, 6) is -2.23. The number of ether oxygens (including phenoxy) is 1. The molecule has 5 rings (SSSR count). The maximum atomic E-state index is 13.7. The summed E-state index contributed by atoms with van der Waals surface area (Å²) in [6.45, 7) is 6.39. The van der Waals surface area contributed by atoms with Crippen LogP contribution in [0.2, 0.25) is 0 Å². The summed E-state index contributed by atoms with van der Waals surface area (Å²) < 4.78 is 7.55. The molecule has 2 aromatic carbocycles. The number of nitrogens with one attached hydrogen (secondary N) is 5. The molecule has 3 heterocycles. The minimum atomic E-state index is -1.37. The Morgan fingerprint density at radius 1 is 0.907 bits per heavy atom. The molecular formula is C38H51N9O7. The van der Waals surface area contributed by atoms with E-state index >= 15 is 0 Å². The van der Waals surface area contributed by atoms with Gasteiger partial charge in [-0.3, -0.25) is 33.6 Å². The first-order chi connectivity index (χ1) is 25.9. The highest BCUT2D eigenvalue weighted by Gasteiger charge is 2.39. The topological polar surface area (TPSA) is 209 Å². The number of rotatable bonds is 5. The fourth-order valence-corrected chi connectivity index (χ4v) is 6.58. The Hall–Kier alpha value is -5.35. The van der Waals surface area contributed by atoms with Crippen LogP contribution in [0, 0.1) is 5.92 Å². The van der Waals surface area contributed by atoms with E-state index in [1.54, 1.807) is 47.1 Å². The molecule has 290 valence electrons. The van der Waals surface area contributed by atoms with Crippen LogP contribution in [-0.4, -0.2) is 111 Å². The van der Waals surface area contributed by atoms with Crippen molar-refractivity contribution in [3.8, 4) is 5.75 Å². The van der Waals surface area contributed by atoms with Crippen molar-refractivity contribution in [1.82, 2.24) is 46.5 Å². The molecule has 3 aromatic rings. The number of aliphatic hydroxyl groups is 1. The number of aliphatic hydroxyl groups excluding tert-OH is 1. The molecule has 1 saturated heterocycles. The van der Waals surface area contributed by atoms with E-state index in [4.69, 9.17) is 4.74 Å². The van der Waals surface area contributed by atoms with E-state index in [2.05, 4.69) is 36.9 Å². The van der Waals surface area contributed by atoms with Crippen LogP contribution in [0.3, 0.4) is 0 Å². The van der Waals surface area contributed by atoms with Gasteiger partial charge in [-0.05, 0) is 50.1 Å². The van der Waals surface area contributed by atoms with E-state index < -0.39 is 59.9 Å². The third kappa shape index (κ3) is 10.6. The van der Waals surface area contributed by atoms with E-state index in [1.807, 2.05) is 44.2 Å². The molecule has 0 radical (unpaired) electrons. The van der Waals surface area contributed by atoms with Crippen LogP contribution in [0.25, 0.3) is 0 Å². The van der Waals surface area contributed by atoms with Crippen LogP contribution in [0.15, 0.2) is 60.8 Å². The number of carbonyl (C=O) groups is 5. The minimum Gasteiger partial charge on any atom is -0.494 e. The van der Waals surface area contributed by atoms with E-state index in [0.717, 1.165) is 5.56 Å². The van der Waals surface area contributed by atoms with Gasteiger partial charge in [0.05, 0.1) is 31.5 Å². The zero-order chi connectivity index (χ0) is 38.8. The second kappa shape index (κ2) is 18.6. The number of nitrogens with zero attached hydrogens (tertiary/aromatic N) is 4. The Kier molecular flexibility index (Phi) is 13.7. The van der Waals surface area contributed by atoms with E-state index in [1.165, 1.54) is 6.92 Å². The quantitative estimate of drug-likeness (QED) is 0.211. The molecule has 0 saturated carbocycles. The zero-order valence-corrected chi connectivity index (χ0v) is 31.2. The Labute approximate surface area is 314 Å². The van der Waals surface area contributed by atoms with Crippen molar-refractivity contribution in [3.05, 3.63) is 77.6 Å². The lowest BCUT2D eigenvalue weighted by atomic mass is 9.97. The normalized spacial score (nSPS) is 25.1. The lowest BCUT2D eigenvalue weighted by Crippen LogP contribution is -2.59. The third-order valence-electron chi connectivity index (χ3n) is 9.88. The summed E-state index contributed by atoms with van der Waals surface area (Å²) in [4.78, 5) is 69.7. The fraction of sp³-hybridized carbons (Fsp3) is 0.500. The molecular weight excluding hydrogens is 694 g/mol. The van der Waals surface area contributed by atoms with E-state index in [-0.39, 0.29) is 31.2 Å². The van der Waals surface area contributed by atoms with Crippen molar-refractivity contribution in [1.29, 1.82) is 0 Å². The Morgan fingerprint density at radius 2 is 1.67 bits per heavy atom. The Morgan fingerprint density at radius 3 is 2.41 bits per heavy atom. The predicted octanol–water partition coefficient (Wildman–Crippen LogP) is 0.304. The van der Waals surface area contributed by atoms with Crippen molar-refractivity contribution in [2.75, 3.05) is 20.2 Å². The second-order valence-electron chi connectivity index (χ2n) is 14.1. The highest BCUT2D eigenvalue weighted by Crippen LogP contribution is 2.19. The van der Waals surface area contributed by atoms with E-state index in [0.29, 0.717) is 49.5 Å². The minimum absolute atomic E-state index is 0.0472. The van der Waals surface area contributed by atoms with Gasteiger partial charge in [-0.15, -0.1) is 5.10 Å². The number of carbonyl (C=O) groups excluding carboxylic acids is 5. The van der Waals surface area contributed by atoms with Crippen molar-refractivity contribution >= 4 is 29.5 Å². The molecule has 2 aliphatic rings. The van der Waals surface area contributed by atoms with E-state index in [9.17, 15) is 29.1 Å². The lowest BCUT2D eigenvalue weighted by molar-refractivity contribution is -0.135. The molecule has 5 amide bonds. The largest absolute Gasteiger partial charge is 0.494 e. The van der Waals surface area contributed by atoms with Gasteiger partial charge < -0.3 is 36.4 Å². The monoisotopic (exact) mass is 745 g/mol. The molecule has 1 aromatic heterocycles. The lowest BCUT2D eigenvalue weighted by Gasteiger charge is -2.27. The van der Waals surface area contributed by atoms with Crippen LogP contribution in [0.4, 0.5) is 0 Å². The summed E-state index contributed by atoms with van der Waals surface area (Å²) in [6.07, 6.45) is 1.99. The molecule has 54 heavy (non-hydrogen) atoms. The molecule has 1 fully saturated rings. The second-order valence-corrected chi connectivity index (χ2v) is 14.1. The van der Waals surface area contributed by atoms with Crippen molar-refractivity contribution in [3.63, 3.8) is 0 Å². The zero-order valence-electron chi connectivity index (χ0n) is 31.2. The van der Waals surface area contributed by atoms with Crippen LogP contribution >= 0.6 is 0 Å². The number of hydrogen-bond donors (Lipinski definition) is 6. The average Bonchev–Trinajstić information content (AvgIpc) is 3.78. The molecule has 6 N–H and O–H groups in total. The number of hydrogen-bond acceptors (Lipinski definition) is 10. The molecule has 7 atom stereocenters. The summed E-state index contributed by atoms with van der Waals surface area (Å²) >= 11 is 0. The molecule has 2 aliphatic heterocycles. The van der Waals surface area contributed by atoms with Gasteiger partial charge in [0.1, 0.15) is 29.6 Å². The standard InChI is InChI=1S/C38H51N9O7/c1-5-23(2)32-37(52)40-27-19-31(46(4)21-27)36(51)43-33(24(3)48)38(53)41-30(17-25-11-7-6-8-12-25)35(50)39-20-28-22-47(45-44-28)15-10-16-54-29-14-9-13-26(18-29)34(49)42-32/h6-9,11-14,18,22-24,27,30-33,48H,5,10,15-17,19-21H2,1-4H3,(H,39,50)(H,40,52)(H,41,53)(H,42,49)(H,43,51)/t23-,24+,27-,30-,31-,32-,33-/m0/s1.